The van der Waals surface area contributed by atoms with Gasteiger partial charge in [-0.05, 0) is 30.7 Å². The number of rotatable bonds is 5. The van der Waals surface area contributed by atoms with Crippen molar-refractivity contribution in [2.45, 2.75) is 13.5 Å². The molecule has 0 radical (unpaired) electrons. The van der Waals surface area contributed by atoms with E-state index in [9.17, 15) is 4.79 Å². The van der Waals surface area contributed by atoms with Crippen LogP contribution >= 0.6 is 0 Å². The third-order valence-electron chi connectivity index (χ3n) is 3.62. The molecule has 0 aliphatic heterocycles. The van der Waals surface area contributed by atoms with Crippen LogP contribution in [0.1, 0.15) is 22.8 Å². The van der Waals surface area contributed by atoms with Crippen LogP contribution in [0, 0.1) is 0 Å². The summed E-state index contributed by atoms with van der Waals surface area (Å²) in [5.41, 5.74) is 2.41. The first-order chi connectivity index (χ1) is 11.2. The zero-order valence-corrected chi connectivity index (χ0v) is 13.2. The van der Waals surface area contributed by atoms with E-state index in [-0.39, 0.29) is 5.91 Å². The summed E-state index contributed by atoms with van der Waals surface area (Å²) in [6.07, 6.45) is 0. The molecule has 0 saturated heterocycles. The van der Waals surface area contributed by atoms with Crippen LogP contribution in [0.25, 0.3) is 10.9 Å². The Morgan fingerprint density at radius 1 is 1.22 bits per heavy atom. The number of amides is 1. The van der Waals surface area contributed by atoms with E-state index in [1.165, 1.54) is 0 Å². The summed E-state index contributed by atoms with van der Waals surface area (Å²) < 4.78 is 7.29. The third kappa shape index (κ3) is 3.18. The Bertz CT molecular complexity index is 825. The lowest BCUT2D eigenvalue weighted by Crippen LogP contribution is -2.22. The van der Waals surface area contributed by atoms with Crippen LogP contribution in [-0.2, 0) is 13.6 Å². The van der Waals surface area contributed by atoms with Crippen LogP contribution in [0.4, 0.5) is 0 Å². The normalized spacial score (nSPS) is 10.7. The molecule has 3 rings (SSSR count). The van der Waals surface area contributed by atoms with E-state index in [4.69, 9.17) is 4.74 Å². The molecule has 1 heterocycles. The van der Waals surface area contributed by atoms with Crippen molar-refractivity contribution in [2.75, 3.05) is 6.61 Å². The van der Waals surface area contributed by atoms with Gasteiger partial charge in [-0.1, -0.05) is 30.3 Å². The van der Waals surface area contributed by atoms with Gasteiger partial charge in [-0.25, -0.2) is 4.68 Å². The molecule has 0 aliphatic rings. The van der Waals surface area contributed by atoms with Crippen molar-refractivity contribution < 1.29 is 9.53 Å². The predicted octanol–water partition coefficient (Wildman–Crippen LogP) is 2.90. The van der Waals surface area contributed by atoms with Crippen molar-refractivity contribution in [3.05, 3.63) is 59.7 Å². The minimum atomic E-state index is -0.112. The second-order valence-corrected chi connectivity index (χ2v) is 5.26. The number of carbonyl (C=O) groups is 1. The first kappa shape index (κ1) is 15.1. The maximum absolute atomic E-state index is 12.3. The lowest BCUT2D eigenvalue weighted by Gasteiger charge is -2.05. The van der Waals surface area contributed by atoms with Crippen LogP contribution in [0.3, 0.4) is 0 Å². The van der Waals surface area contributed by atoms with Gasteiger partial charge in [0.05, 0.1) is 17.5 Å². The molecule has 0 aliphatic carbocycles. The summed E-state index contributed by atoms with van der Waals surface area (Å²) in [7, 11) is 1.83. The van der Waals surface area contributed by atoms with Crippen molar-refractivity contribution >= 4 is 16.8 Å². The maximum atomic E-state index is 12.3. The van der Waals surface area contributed by atoms with Crippen molar-refractivity contribution in [3.63, 3.8) is 0 Å². The summed E-state index contributed by atoms with van der Waals surface area (Å²) in [4.78, 5) is 12.3. The van der Waals surface area contributed by atoms with Crippen molar-refractivity contribution in [3.8, 4) is 5.88 Å². The summed E-state index contributed by atoms with van der Waals surface area (Å²) in [5.74, 6) is 0.609. The topological polar surface area (TPSA) is 56.1 Å². The smallest absolute Gasteiger partial charge is 0.251 e. The lowest BCUT2D eigenvalue weighted by atomic mass is 10.1. The van der Waals surface area contributed by atoms with Gasteiger partial charge < -0.3 is 10.1 Å². The van der Waals surface area contributed by atoms with E-state index >= 15 is 0 Å². The number of aromatic nitrogens is 2. The molecule has 0 unspecified atom stereocenters. The number of aryl methyl sites for hydroxylation is 1. The Morgan fingerprint density at radius 3 is 2.74 bits per heavy atom. The van der Waals surface area contributed by atoms with Crippen molar-refractivity contribution in [1.82, 2.24) is 15.1 Å². The van der Waals surface area contributed by atoms with Crippen LogP contribution < -0.4 is 10.1 Å². The first-order valence-corrected chi connectivity index (χ1v) is 7.60. The van der Waals surface area contributed by atoms with E-state index < -0.39 is 0 Å². The molecule has 5 heteroatoms. The second kappa shape index (κ2) is 6.52. The van der Waals surface area contributed by atoms with E-state index in [1.54, 1.807) is 16.8 Å². The first-order valence-electron chi connectivity index (χ1n) is 7.60. The fraction of sp³-hybridized carbons (Fsp3) is 0.222. The number of hydrogen-bond acceptors (Lipinski definition) is 3. The quantitative estimate of drug-likeness (QED) is 0.788. The number of benzene rings is 2. The minimum absolute atomic E-state index is 0.112. The maximum Gasteiger partial charge on any atom is 0.251 e. The van der Waals surface area contributed by atoms with E-state index in [2.05, 4.69) is 10.4 Å². The SMILES string of the molecule is CCOc1c2ccc(C(=O)NCc3ccccc3)cc2nn1C. The molecule has 0 saturated carbocycles. The average molecular weight is 309 g/mol. The molecule has 0 spiro atoms. The molecule has 5 nitrogen and oxygen atoms in total. The standard InChI is InChI=1S/C18H19N3O2/c1-3-23-18-15-10-9-14(11-16(15)20-21(18)2)17(22)19-12-13-7-5-4-6-8-13/h4-11H,3,12H2,1-2H3,(H,19,22). The Balaban J connectivity index is 1.78. The summed E-state index contributed by atoms with van der Waals surface area (Å²) in [5, 5.41) is 8.24. The van der Waals surface area contributed by atoms with Crippen LogP contribution in [0.2, 0.25) is 0 Å². The highest BCUT2D eigenvalue weighted by molar-refractivity contribution is 5.98. The Morgan fingerprint density at radius 2 is 2.00 bits per heavy atom. The number of nitrogens with one attached hydrogen (secondary N) is 1. The molecular formula is C18H19N3O2. The van der Waals surface area contributed by atoms with Crippen LogP contribution in [-0.4, -0.2) is 22.3 Å². The van der Waals surface area contributed by atoms with E-state index in [1.807, 2.05) is 50.4 Å². The summed E-state index contributed by atoms with van der Waals surface area (Å²) in [6.45, 7) is 3.02. The van der Waals surface area contributed by atoms with E-state index in [0.717, 1.165) is 22.3 Å². The van der Waals surface area contributed by atoms with Gasteiger partial charge in [-0.3, -0.25) is 4.79 Å². The predicted molar refractivity (Wildman–Crippen MR) is 89.5 cm³/mol. The molecule has 0 fully saturated rings. The number of ether oxygens (including phenoxy) is 1. The fourth-order valence-electron chi connectivity index (χ4n) is 2.51. The van der Waals surface area contributed by atoms with Crippen molar-refractivity contribution in [1.29, 1.82) is 0 Å². The molecule has 2 aromatic carbocycles. The van der Waals surface area contributed by atoms with Crippen LogP contribution in [0.5, 0.6) is 5.88 Å². The highest BCUT2D eigenvalue weighted by Crippen LogP contribution is 2.25. The van der Waals surface area contributed by atoms with Gasteiger partial charge in [0.2, 0.25) is 5.88 Å². The molecule has 0 atom stereocenters. The van der Waals surface area contributed by atoms with Gasteiger partial charge in [-0.15, -0.1) is 0 Å². The molecular weight excluding hydrogens is 290 g/mol. The lowest BCUT2D eigenvalue weighted by molar-refractivity contribution is 0.0951. The molecule has 3 aromatic rings. The highest BCUT2D eigenvalue weighted by atomic mass is 16.5. The summed E-state index contributed by atoms with van der Waals surface area (Å²) >= 11 is 0. The van der Waals surface area contributed by atoms with E-state index in [0.29, 0.717) is 18.7 Å². The number of nitrogens with zero attached hydrogens (tertiary/aromatic N) is 2. The van der Waals surface area contributed by atoms with Crippen molar-refractivity contribution in [2.24, 2.45) is 7.05 Å². The van der Waals surface area contributed by atoms with Gasteiger partial charge in [0.1, 0.15) is 0 Å². The zero-order chi connectivity index (χ0) is 16.2. The number of fused-ring (bicyclic) bond motifs is 1. The summed E-state index contributed by atoms with van der Waals surface area (Å²) in [6, 6.07) is 15.3. The second-order valence-electron chi connectivity index (χ2n) is 5.26. The average Bonchev–Trinajstić information content (AvgIpc) is 2.89. The molecule has 1 aromatic heterocycles. The Hall–Kier alpha value is -2.82. The fourth-order valence-corrected chi connectivity index (χ4v) is 2.51. The van der Waals surface area contributed by atoms with Gasteiger partial charge >= 0.3 is 0 Å². The number of carbonyl (C=O) groups excluding carboxylic acids is 1. The largest absolute Gasteiger partial charge is 0.478 e. The zero-order valence-electron chi connectivity index (χ0n) is 13.2. The highest BCUT2D eigenvalue weighted by Gasteiger charge is 2.13. The van der Waals surface area contributed by atoms with Gasteiger partial charge in [0, 0.05) is 19.2 Å². The van der Waals surface area contributed by atoms with Gasteiger partial charge in [0.25, 0.3) is 5.91 Å². The molecule has 118 valence electrons. The van der Waals surface area contributed by atoms with Crippen LogP contribution in [0.15, 0.2) is 48.5 Å². The molecule has 1 N–H and O–H groups in total. The monoisotopic (exact) mass is 309 g/mol. The van der Waals surface area contributed by atoms with Gasteiger partial charge in [-0.2, -0.15) is 5.10 Å². The molecule has 23 heavy (non-hydrogen) atoms. The number of hydrogen-bond donors (Lipinski definition) is 1. The molecule has 1 amide bonds. The molecule has 0 bridgehead atoms. The Kier molecular flexibility index (Phi) is 4.28. The van der Waals surface area contributed by atoms with Gasteiger partial charge in [0.15, 0.2) is 0 Å². The Labute approximate surface area is 134 Å². The third-order valence-corrected chi connectivity index (χ3v) is 3.62. The minimum Gasteiger partial charge on any atom is -0.478 e.